The van der Waals surface area contributed by atoms with E-state index in [1.54, 1.807) is 48.5 Å². The highest BCUT2D eigenvalue weighted by molar-refractivity contribution is 7.92. The van der Waals surface area contributed by atoms with Crippen LogP contribution in [-0.2, 0) is 10.0 Å². The lowest BCUT2D eigenvalue weighted by atomic mass is 10.2. The number of hydrogen-bond donors (Lipinski definition) is 1. The van der Waals surface area contributed by atoms with Crippen LogP contribution < -0.4 is 14.4 Å². The minimum Gasteiger partial charge on any atom is -0.492 e. The van der Waals surface area contributed by atoms with E-state index in [-0.39, 0.29) is 10.8 Å². The highest BCUT2D eigenvalue weighted by atomic mass is 35.5. The number of carbonyl (C=O) groups is 1. The molecule has 31 heavy (non-hydrogen) atoms. The third kappa shape index (κ3) is 5.91. The summed E-state index contributed by atoms with van der Waals surface area (Å²) in [5.41, 5.74) is 0.838. The lowest BCUT2D eigenvalue weighted by molar-refractivity contribution is 0.0947. The first-order chi connectivity index (χ1) is 14.8. The number of anilines is 1. The van der Waals surface area contributed by atoms with Gasteiger partial charge < -0.3 is 10.1 Å². The standard InChI is InChI=1S/C22H20Cl2N2O4S/c1-26(31(28,29)21-12-6-18(24)7-13-21)19-8-2-16(3-9-19)22(27)25-14-15-30-20-10-4-17(23)5-11-20/h2-13H,14-15H2,1H3,(H,25,27). The number of sulfonamides is 1. The molecule has 0 saturated heterocycles. The SMILES string of the molecule is CN(c1ccc(C(=O)NCCOc2ccc(Cl)cc2)cc1)S(=O)(=O)c1ccc(Cl)cc1. The third-order valence-corrected chi connectivity index (χ3v) is 6.74. The molecule has 0 aliphatic rings. The summed E-state index contributed by atoms with van der Waals surface area (Å²) in [5.74, 6) is 0.377. The van der Waals surface area contributed by atoms with Crippen molar-refractivity contribution in [2.24, 2.45) is 0 Å². The fourth-order valence-electron chi connectivity index (χ4n) is 2.69. The van der Waals surface area contributed by atoms with E-state index in [0.29, 0.717) is 40.2 Å². The topological polar surface area (TPSA) is 75.7 Å². The van der Waals surface area contributed by atoms with Crippen molar-refractivity contribution in [2.45, 2.75) is 4.90 Å². The van der Waals surface area contributed by atoms with E-state index in [9.17, 15) is 13.2 Å². The van der Waals surface area contributed by atoms with Crippen LogP contribution >= 0.6 is 23.2 Å². The van der Waals surface area contributed by atoms with Gasteiger partial charge in [0.15, 0.2) is 0 Å². The van der Waals surface area contributed by atoms with Crippen molar-refractivity contribution >= 4 is 44.8 Å². The van der Waals surface area contributed by atoms with Crippen LogP contribution in [0, 0.1) is 0 Å². The van der Waals surface area contributed by atoms with E-state index in [1.807, 2.05) is 0 Å². The Hall–Kier alpha value is -2.74. The second-order valence-electron chi connectivity index (χ2n) is 6.53. The summed E-state index contributed by atoms with van der Waals surface area (Å²) < 4.78 is 32.2. The number of ether oxygens (including phenoxy) is 1. The molecule has 3 aromatic carbocycles. The van der Waals surface area contributed by atoms with Crippen LogP contribution in [0.5, 0.6) is 5.75 Å². The molecule has 0 fully saturated rings. The molecule has 1 amide bonds. The second kappa shape index (κ2) is 10.0. The number of rotatable bonds is 8. The zero-order chi connectivity index (χ0) is 22.4. The summed E-state index contributed by atoms with van der Waals surface area (Å²) >= 11 is 11.6. The van der Waals surface area contributed by atoms with E-state index in [2.05, 4.69) is 5.32 Å². The first-order valence-corrected chi connectivity index (χ1v) is 11.5. The fourth-order valence-corrected chi connectivity index (χ4v) is 4.14. The number of nitrogens with one attached hydrogen (secondary N) is 1. The van der Waals surface area contributed by atoms with Gasteiger partial charge in [-0.05, 0) is 72.8 Å². The predicted molar refractivity (Wildman–Crippen MR) is 123 cm³/mol. The molecule has 0 aromatic heterocycles. The molecular weight excluding hydrogens is 459 g/mol. The molecule has 0 aliphatic heterocycles. The van der Waals surface area contributed by atoms with E-state index in [0.717, 1.165) is 4.31 Å². The average Bonchev–Trinajstić information content (AvgIpc) is 2.77. The monoisotopic (exact) mass is 478 g/mol. The molecule has 0 atom stereocenters. The van der Waals surface area contributed by atoms with Gasteiger partial charge in [0.2, 0.25) is 0 Å². The van der Waals surface area contributed by atoms with Crippen molar-refractivity contribution in [3.63, 3.8) is 0 Å². The Morgan fingerprint density at radius 3 is 2.03 bits per heavy atom. The summed E-state index contributed by atoms with van der Waals surface area (Å²) in [4.78, 5) is 12.4. The lowest BCUT2D eigenvalue weighted by Crippen LogP contribution is -2.28. The van der Waals surface area contributed by atoms with Crippen LogP contribution in [0.25, 0.3) is 0 Å². The Kier molecular flexibility index (Phi) is 7.43. The van der Waals surface area contributed by atoms with E-state index < -0.39 is 10.0 Å². The summed E-state index contributed by atoms with van der Waals surface area (Å²) in [5, 5.41) is 3.83. The summed E-state index contributed by atoms with van der Waals surface area (Å²) in [6, 6.07) is 19.2. The van der Waals surface area contributed by atoms with Gasteiger partial charge in [-0.25, -0.2) is 8.42 Å². The number of carbonyl (C=O) groups excluding carboxylic acids is 1. The Labute approximate surface area is 191 Å². The number of nitrogens with zero attached hydrogens (tertiary/aromatic N) is 1. The minimum absolute atomic E-state index is 0.127. The average molecular weight is 479 g/mol. The fraction of sp³-hybridized carbons (Fsp3) is 0.136. The van der Waals surface area contributed by atoms with Crippen molar-refractivity contribution in [2.75, 3.05) is 24.5 Å². The van der Waals surface area contributed by atoms with Gasteiger partial charge in [0.25, 0.3) is 15.9 Å². The van der Waals surface area contributed by atoms with Crippen LogP contribution in [-0.4, -0.2) is 34.5 Å². The van der Waals surface area contributed by atoms with Crippen molar-refractivity contribution in [1.29, 1.82) is 0 Å². The molecule has 0 radical (unpaired) electrons. The number of amides is 1. The Balaban J connectivity index is 1.56. The molecule has 6 nitrogen and oxygen atoms in total. The highest BCUT2D eigenvalue weighted by Crippen LogP contribution is 2.23. The minimum atomic E-state index is -3.74. The smallest absolute Gasteiger partial charge is 0.264 e. The number of benzene rings is 3. The molecule has 0 unspecified atom stereocenters. The van der Waals surface area contributed by atoms with Crippen molar-refractivity contribution in [3.05, 3.63) is 88.4 Å². The Morgan fingerprint density at radius 1 is 0.903 bits per heavy atom. The normalized spacial score (nSPS) is 11.1. The number of hydrogen-bond acceptors (Lipinski definition) is 4. The largest absolute Gasteiger partial charge is 0.492 e. The molecule has 3 rings (SSSR count). The first-order valence-electron chi connectivity index (χ1n) is 9.28. The van der Waals surface area contributed by atoms with Crippen LogP contribution in [0.2, 0.25) is 10.0 Å². The maximum Gasteiger partial charge on any atom is 0.264 e. The Bertz CT molecular complexity index is 1130. The van der Waals surface area contributed by atoms with Gasteiger partial charge in [0.05, 0.1) is 17.1 Å². The molecule has 9 heteroatoms. The van der Waals surface area contributed by atoms with Gasteiger partial charge in [-0.2, -0.15) is 0 Å². The molecule has 0 spiro atoms. The zero-order valence-corrected chi connectivity index (χ0v) is 18.9. The van der Waals surface area contributed by atoms with Gasteiger partial charge >= 0.3 is 0 Å². The van der Waals surface area contributed by atoms with Crippen molar-refractivity contribution in [1.82, 2.24) is 5.32 Å². The molecule has 0 saturated carbocycles. The molecule has 162 valence electrons. The summed E-state index contributed by atoms with van der Waals surface area (Å²) in [6.07, 6.45) is 0. The van der Waals surface area contributed by atoms with E-state index in [4.69, 9.17) is 27.9 Å². The second-order valence-corrected chi connectivity index (χ2v) is 9.37. The molecular formula is C22H20Cl2N2O4S. The van der Waals surface area contributed by atoms with Gasteiger partial charge in [-0.15, -0.1) is 0 Å². The van der Waals surface area contributed by atoms with Gasteiger partial charge in [0, 0.05) is 22.7 Å². The van der Waals surface area contributed by atoms with Gasteiger partial charge in [0.1, 0.15) is 12.4 Å². The van der Waals surface area contributed by atoms with Crippen molar-refractivity contribution in [3.8, 4) is 5.75 Å². The van der Waals surface area contributed by atoms with Crippen molar-refractivity contribution < 1.29 is 17.9 Å². The quantitative estimate of drug-likeness (QED) is 0.479. The zero-order valence-electron chi connectivity index (χ0n) is 16.6. The van der Waals surface area contributed by atoms with Crippen LogP contribution in [0.15, 0.2) is 77.7 Å². The molecule has 0 heterocycles. The summed E-state index contributed by atoms with van der Waals surface area (Å²) in [7, 11) is -2.29. The predicted octanol–water partition coefficient (Wildman–Crippen LogP) is 4.63. The van der Waals surface area contributed by atoms with E-state index >= 15 is 0 Å². The Morgan fingerprint density at radius 2 is 1.45 bits per heavy atom. The third-order valence-electron chi connectivity index (χ3n) is 4.44. The maximum atomic E-state index is 12.8. The summed E-state index contributed by atoms with van der Waals surface area (Å²) in [6.45, 7) is 0.613. The van der Waals surface area contributed by atoms with Crippen LogP contribution in [0.1, 0.15) is 10.4 Å². The van der Waals surface area contributed by atoms with Gasteiger partial charge in [-0.3, -0.25) is 9.10 Å². The van der Waals surface area contributed by atoms with Gasteiger partial charge in [-0.1, -0.05) is 23.2 Å². The first kappa shape index (κ1) is 22.9. The number of halogens is 2. The van der Waals surface area contributed by atoms with Crippen LogP contribution in [0.4, 0.5) is 5.69 Å². The molecule has 1 N–H and O–H groups in total. The van der Waals surface area contributed by atoms with Crippen LogP contribution in [0.3, 0.4) is 0 Å². The maximum absolute atomic E-state index is 12.8. The molecule has 0 bridgehead atoms. The lowest BCUT2D eigenvalue weighted by Gasteiger charge is -2.19. The molecule has 0 aliphatic carbocycles. The van der Waals surface area contributed by atoms with E-state index in [1.165, 1.54) is 31.3 Å². The highest BCUT2D eigenvalue weighted by Gasteiger charge is 2.21. The molecule has 3 aromatic rings.